The van der Waals surface area contributed by atoms with E-state index in [0.717, 1.165) is 5.56 Å². The topological polar surface area (TPSA) is 42.3 Å². The highest BCUT2D eigenvalue weighted by atomic mass is 16.2. The van der Waals surface area contributed by atoms with Crippen LogP contribution in [0.15, 0.2) is 59.5 Å². The summed E-state index contributed by atoms with van der Waals surface area (Å²) in [5, 5.41) is 0. The van der Waals surface area contributed by atoms with Gasteiger partial charge >= 0.3 is 0 Å². The molecule has 0 bridgehead atoms. The predicted octanol–water partition coefficient (Wildman–Crippen LogP) is 2.71. The Hall–Kier alpha value is -2.62. The van der Waals surface area contributed by atoms with E-state index in [1.807, 2.05) is 44.2 Å². The second-order valence-electron chi connectivity index (χ2n) is 4.83. The Bertz CT molecular complexity index is 713. The van der Waals surface area contributed by atoms with E-state index in [9.17, 15) is 9.59 Å². The van der Waals surface area contributed by atoms with Gasteiger partial charge in [0.15, 0.2) is 0 Å². The molecule has 0 radical (unpaired) electrons. The highest BCUT2D eigenvalue weighted by Gasteiger charge is 2.18. The maximum Gasteiger partial charge on any atom is 0.270 e. The van der Waals surface area contributed by atoms with Crippen LogP contribution in [0, 0.1) is 0 Å². The van der Waals surface area contributed by atoms with E-state index in [-0.39, 0.29) is 11.5 Å². The van der Waals surface area contributed by atoms with Crippen molar-refractivity contribution in [3.05, 3.63) is 70.6 Å². The number of hydrogen-bond donors (Lipinski definition) is 0. The smallest absolute Gasteiger partial charge is 0.270 e. The summed E-state index contributed by atoms with van der Waals surface area (Å²) in [6.45, 7) is 5.05. The molecule has 0 saturated carbocycles. The van der Waals surface area contributed by atoms with E-state index in [0.29, 0.717) is 18.8 Å². The first-order valence-corrected chi connectivity index (χ1v) is 7.41. The van der Waals surface area contributed by atoms with Gasteiger partial charge in [0.2, 0.25) is 0 Å². The van der Waals surface area contributed by atoms with Crippen molar-refractivity contribution in [3.8, 4) is 0 Å². The van der Waals surface area contributed by atoms with Crippen molar-refractivity contribution in [2.75, 3.05) is 13.1 Å². The monoisotopic (exact) mass is 296 g/mol. The molecule has 4 heteroatoms. The molecule has 114 valence electrons. The van der Waals surface area contributed by atoms with Crippen molar-refractivity contribution in [1.29, 1.82) is 0 Å². The van der Waals surface area contributed by atoms with E-state index < -0.39 is 0 Å². The number of carbonyl (C=O) groups is 1. The molecule has 1 aromatic heterocycles. The Kier molecular flexibility index (Phi) is 5.31. The minimum Gasteiger partial charge on any atom is -0.338 e. The second kappa shape index (κ2) is 7.41. The van der Waals surface area contributed by atoms with Crippen molar-refractivity contribution in [1.82, 2.24) is 9.47 Å². The Balaban J connectivity index is 2.55. The number of aromatic nitrogens is 1. The molecule has 0 atom stereocenters. The Morgan fingerprint density at radius 1 is 1.05 bits per heavy atom. The van der Waals surface area contributed by atoms with Crippen LogP contribution in [0.5, 0.6) is 0 Å². The first kappa shape index (κ1) is 15.8. The molecule has 1 heterocycles. The molecule has 0 spiro atoms. The zero-order valence-electron chi connectivity index (χ0n) is 12.9. The maximum absolute atomic E-state index is 12.8. The molecule has 0 aliphatic carbocycles. The van der Waals surface area contributed by atoms with E-state index in [1.165, 1.54) is 10.6 Å². The van der Waals surface area contributed by atoms with Crippen LogP contribution in [0.25, 0.3) is 11.8 Å². The molecule has 1 amide bonds. The first-order valence-electron chi connectivity index (χ1n) is 7.41. The Labute approximate surface area is 130 Å². The van der Waals surface area contributed by atoms with Crippen LogP contribution in [0.4, 0.5) is 0 Å². The molecule has 0 aliphatic rings. The van der Waals surface area contributed by atoms with Crippen molar-refractivity contribution in [2.45, 2.75) is 13.8 Å². The molecule has 22 heavy (non-hydrogen) atoms. The number of nitrogens with zero attached hydrogens (tertiary/aromatic N) is 2. The fourth-order valence-electron chi connectivity index (χ4n) is 2.24. The maximum atomic E-state index is 12.8. The van der Waals surface area contributed by atoms with Gasteiger partial charge in [-0.1, -0.05) is 36.4 Å². The number of rotatable bonds is 5. The fourth-order valence-corrected chi connectivity index (χ4v) is 2.24. The lowest BCUT2D eigenvalue weighted by Gasteiger charge is -2.21. The van der Waals surface area contributed by atoms with Gasteiger partial charge in [0, 0.05) is 25.4 Å². The number of amides is 1. The van der Waals surface area contributed by atoms with E-state index in [2.05, 4.69) is 0 Å². The van der Waals surface area contributed by atoms with E-state index in [4.69, 9.17) is 0 Å². The third kappa shape index (κ3) is 3.52. The van der Waals surface area contributed by atoms with Gasteiger partial charge in [-0.25, -0.2) is 0 Å². The number of carbonyl (C=O) groups excluding carboxylic acids is 1. The molecule has 4 nitrogen and oxygen atoms in total. The van der Waals surface area contributed by atoms with Gasteiger partial charge in [-0.3, -0.25) is 14.2 Å². The molecule has 1 aromatic carbocycles. The largest absolute Gasteiger partial charge is 0.338 e. The van der Waals surface area contributed by atoms with Crippen LogP contribution in [0.2, 0.25) is 0 Å². The molecule has 2 aromatic rings. The molecule has 0 saturated heterocycles. The third-order valence-corrected chi connectivity index (χ3v) is 3.45. The van der Waals surface area contributed by atoms with Crippen molar-refractivity contribution in [3.63, 3.8) is 0 Å². The first-order chi connectivity index (χ1) is 10.7. The summed E-state index contributed by atoms with van der Waals surface area (Å²) < 4.78 is 1.40. The standard InChI is InChI=1S/C18H20N2O2/c1-3-19(4-2)18(22)16(14-15-10-6-5-7-11-15)20-13-9-8-12-17(20)21/h5-14H,3-4H2,1-2H3/b16-14+. The second-order valence-corrected chi connectivity index (χ2v) is 4.83. The highest BCUT2D eigenvalue weighted by molar-refractivity contribution is 6.18. The zero-order valence-corrected chi connectivity index (χ0v) is 12.9. The minimum absolute atomic E-state index is 0.151. The third-order valence-electron chi connectivity index (χ3n) is 3.45. The van der Waals surface area contributed by atoms with Crippen molar-refractivity contribution < 1.29 is 4.79 Å². The van der Waals surface area contributed by atoms with Crippen LogP contribution in [0.1, 0.15) is 19.4 Å². The summed E-state index contributed by atoms with van der Waals surface area (Å²) >= 11 is 0. The van der Waals surface area contributed by atoms with Gasteiger partial charge in [0.05, 0.1) is 0 Å². The van der Waals surface area contributed by atoms with Gasteiger partial charge in [0.1, 0.15) is 5.70 Å². The van der Waals surface area contributed by atoms with Crippen LogP contribution in [0.3, 0.4) is 0 Å². The molecule has 0 aliphatic heterocycles. The van der Waals surface area contributed by atoms with Crippen LogP contribution in [-0.2, 0) is 4.79 Å². The highest BCUT2D eigenvalue weighted by Crippen LogP contribution is 2.13. The Morgan fingerprint density at radius 3 is 2.27 bits per heavy atom. The number of hydrogen-bond acceptors (Lipinski definition) is 2. The van der Waals surface area contributed by atoms with Gasteiger partial charge in [0.25, 0.3) is 11.5 Å². The summed E-state index contributed by atoms with van der Waals surface area (Å²) in [5.74, 6) is -0.151. The van der Waals surface area contributed by atoms with Gasteiger partial charge < -0.3 is 4.90 Å². The summed E-state index contributed by atoms with van der Waals surface area (Å²) in [6.07, 6.45) is 3.38. The van der Waals surface area contributed by atoms with Gasteiger partial charge in [-0.15, -0.1) is 0 Å². The van der Waals surface area contributed by atoms with E-state index in [1.54, 1.807) is 29.3 Å². The van der Waals surface area contributed by atoms with Crippen molar-refractivity contribution >= 4 is 17.7 Å². The fraction of sp³-hybridized carbons (Fsp3) is 0.222. The van der Waals surface area contributed by atoms with Gasteiger partial charge in [-0.05, 0) is 31.6 Å². The quantitative estimate of drug-likeness (QED) is 0.796. The SMILES string of the molecule is CCN(CC)C(=O)/C(=C\c1ccccc1)n1ccccc1=O. The average molecular weight is 296 g/mol. The normalized spacial score (nSPS) is 11.3. The molecule has 0 fully saturated rings. The van der Waals surface area contributed by atoms with Gasteiger partial charge in [-0.2, -0.15) is 0 Å². The Morgan fingerprint density at radius 2 is 1.68 bits per heavy atom. The summed E-state index contributed by atoms with van der Waals surface area (Å²) in [4.78, 5) is 26.6. The molecular weight excluding hydrogens is 276 g/mol. The molecule has 0 N–H and O–H groups in total. The van der Waals surface area contributed by atoms with Crippen LogP contribution >= 0.6 is 0 Å². The molecular formula is C18H20N2O2. The number of pyridine rings is 1. The van der Waals surface area contributed by atoms with E-state index >= 15 is 0 Å². The number of benzene rings is 1. The predicted molar refractivity (Wildman–Crippen MR) is 89.2 cm³/mol. The lowest BCUT2D eigenvalue weighted by molar-refractivity contribution is -0.125. The van der Waals surface area contributed by atoms with Crippen LogP contribution in [-0.4, -0.2) is 28.5 Å². The van der Waals surface area contributed by atoms with Crippen molar-refractivity contribution in [2.24, 2.45) is 0 Å². The summed E-state index contributed by atoms with van der Waals surface area (Å²) in [7, 11) is 0. The zero-order chi connectivity index (χ0) is 15.9. The molecule has 2 rings (SSSR count). The summed E-state index contributed by atoms with van der Waals surface area (Å²) in [5.41, 5.74) is 1.03. The van der Waals surface area contributed by atoms with Crippen LogP contribution < -0.4 is 5.56 Å². The summed E-state index contributed by atoms with van der Waals surface area (Å²) in [6, 6.07) is 14.4. The lowest BCUT2D eigenvalue weighted by atomic mass is 10.1. The number of likely N-dealkylation sites (N-methyl/N-ethyl adjacent to an activating group) is 1. The average Bonchev–Trinajstić information content (AvgIpc) is 2.55. The lowest BCUT2D eigenvalue weighted by Crippen LogP contribution is -2.35. The minimum atomic E-state index is -0.217. The molecule has 0 unspecified atom stereocenters.